The molecule has 0 radical (unpaired) electrons. The molecule has 0 aliphatic rings. The van der Waals surface area contributed by atoms with Crippen molar-refractivity contribution in [1.82, 2.24) is 0 Å². The number of carbonyl (C=O) groups excluding carboxylic acids is 1. The molecule has 0 aliphatic heterocycles. The molecule has 0 aromatic heterocycles. The van der Waals surface area contributed by atoms with Crippen LogP contribution in [0.25, 0.3) is 0 Å². The van der Waals surface area contributed by atoms with Gasteiger partial charge in [0.05, 0.1) is 0 Å². The topological polar surface area (TPSA) is 95.9 Å². The fourth-order valence-corrected chi connectivity index (χ4v) is 2.07. The smallest absolute Gasteiger partial charge is 0.412 e. The highest BCUT2D eigenvalue weighted by atomic mass is 19.1. The summed E-state index contributed by atoms with van der Waals surface area (Å²) < 4.78 is 18.8. The molecular weight excluding hydrogens is 329 g/mol. The number of para-hydroxylation sites is 1. The van der Waals surface area contributed by atoms with Gasteiger partial charge in [-0.05, 0) is 29.8 Å². The van der Waals surface area contributed by atoms with Gasteiger partial charge in [-0.15, -0.1) is 0 Å². The summed E-state index contributed by atoms with van der Waals surface area (Å²) in [5.41, 5.74) is 0.803. The van der Waals surface area contributed by atoms with Gasteiger partial charge < -0.3 is 14.9 Å². The lowest BCUT2D eigenvalue weighted by molar-refractivity contribution is -0.131. The van der Waals surface area contributed by atoms with Crippen LogP contribution in [0.3, 0.4) is 0 Å². The summed E-state index contributed by atoms with van der Waals surface area (Å²) in [7, 11) is 0. The maximum Gasteiger partial charge on any atom is 0.412 e. The second-order valence-electron chi connectivity index (χ2n) is 5.07. The monoisotopic (exact) mass is 345 g/mol. The van der Waals surface area contributed by atoms with E-state index in [1.54, 1.807) is 30.3 Å². The van der Waals surface area contributed by atoms with Gasteiger partial charge in [0.1, 0.15) is 6.10 Å². The second-order valence-corrected chi connectivity index (χ2v) is 5.07. The number of carboxylic acids is 1. The molecule has 0 spiro atoms. The normalized spacial score (nSPS) is 11.9. The van der Waals surface area contributed by atoms with Gasteiger partial charge in [0.25, 0.3) is 0 Å². The fraction of sp³-hybridized carbons (Fsp3) is 0.111. The van der Waals surface area contributed by atoms with Crippen LogP contribution in [-0.2, 0) is 9.53 Å². The lowest BCUT2D eigenvalue weighted by Gasteiger charge is -2.17. The Kier molecular flexibility index (Phi) is 6.11. The number of amides is 1. The zero-order valence-electron chi connectivity index (χ0n) is 13.1. The molecule has 2 rings (SSSR count). The lowest BCUT2D eigenvalue weighted by atomic mass is 10.1. The zero-order valence-corrected chi connectivity index (χ0v) is 13.1. The number of phenols is 1. The Bertz CT molecular complexity index is 776. The first-order valence-electron chi connectivity index (χ1n) is 7.36. The fourth-order valence-electron chi connectivity index (χ4n) is 2.07. The van der Waals surface area contributed by atoms with Crippen LogP contribution in [0.5, 0.6) is 5.75 Å². The molecule has 6 nitrogen and oxygen atoms in total. The maximum absolute atomic E-state index is 13.6. The van der Waals surface area contributed by atoms with E-state index < -0.39 is 29.7 Å². The maximum atomic E-state index is 13.6. The van der Waals surface area contributed by atoms with E-state index in [1.807, 2.05) is 0 Å². The number of anilines is 1. The first kappa shape index (κ1) is 18.0. The molecular formula is C18H16FNO5. The summed E-state index contributed by atoms with van der Waals surface area (Å²) in [4.78, 5) is 22.6. The van der Waals surface area contributed by atoms with Gasteiger partial charge in [-0.1, -0.05) is 30.3 Å². The summed E-state index contributed by atoms with van der Waals surface area (Å²) in [6.07, 6.45) is 0.539. The Morgan fingerprint density at radius 1 is 1.20 bits per heavy atom. The number of carboxylic acid groups (broad SMARTS) is 1. The van der Waals surface area contributed by atoms with E-state index in [1.165, 1.54) is 12.1 Å². The largest absolute Gasteiger partial charge is 0.505 e. The average molecular weight is 345 g/mol. The van der Waals surface area contributed by atoms with Crippen LogP contribution in [0, 0.1) is 5.82 Å². The third-order valence-electron chi connectivity index (χ3n) is 3.22. The number of aromatic hydroxyl groups is 1. The minimum Gasteiger partial charge on any atom is -0.505 e. The van der Waals surface area contributed by atoms with Crippen molar-refractivity contribution in [2.75, 3.05) is 5.32 Å². The minimum absolute atomic E-state index is 0.0265. The number of halogens is 1. The molecule has 130 valence electrons. The molecule has 0 fully saturated rings. The van der Waals surface area contributed by atoms with Crippen molar-refractivity contribution in [3.63, 3.8) is 0 Å². The van der Waals surface area contributed by atoms with E-state index in [4.69, 9.17) is 9.84 Å². The van der Waals surface area contributed by atoms with E-state index in [9.17, 15) is 19.1 Å². The van der Waals surface area contributed by atoms with Gasteiger partial charge in [-0.2, -0.15) is 0 Å². The average Bonchev–Trinajstić information content (AvgIpc) is 2.57. The molecule has 0 heterocycles. The standard InChI is InChI=1S/C18H16FNO5/c19-14-11-12(9-10-15(14)21)16(7-4-8-17(22)23)25-18(24)20-13-5-2-1-3-6-13/h1-6,8-11,16,21H,7H2,(H,20,24)(H,22,23)/b8-4+/t16-/m0/s1. The Hall–Kier alpha value is -3.35. The minimum atomic E-state index is -1.15. The van der Waals surface area contributed by atoms with E-state index in [0.29, 0.717) is 5.69 Å². The molecule has 2 aromatic carbocycles. The predicted molar refractivity (Wildman–Crippen MR) is 88.7 cm³/mol. The van der Waals surface area contributed by atoms with E-state index in [-0.39, 0.29) is 12.0 Å². The first-order chi connectivity index (χ1) is 12.0. The SMILES string of the molecule is O=C(O)/C=C/C[C@H](OC(=O)Nc1ccccc1)c1ccc(O)c(F)c1. The summed E-state index contributed by atoms with van der Waals surface area (Å²) in [6, 6.07) is 12.2. The Balaban J connectivity index is 2.14. The number of carbonyl (C=O) groups is 2. The van der Waals surface area contributed by atoms with Gasteiger partial charge in [-0.25, -0.2) is 14.0 Å². The number of nitrogens with one attached hydrogen (secondary N) is 1. The number of phenolic OH excluding ortho intramolecular Hbond substituents is 1. The number of benzene rings is 2. The molecule has 0 aliphatic carbocycles. The Morgan fingerprint density at radius 3 is 2.56 bits per heavy atom. The lowest BCUT2D eigenvalue weighted by Crippen LogP contribution is -2.17. The van der Waals surface area contributed by atoms with Gasteiger partial charge >= 0.3 is 12.1 Å². The molecule has 0 unspecified atom stereocenters. The molecule has 25 heavy (non-hydrogen) atoms. The van der Waals surface area contributed by atoms with Crippen LogP contribution >= 0.6 is 0 Å². The van der Waals surface area contributed by atoms with E-state index >= 15 is 0 Å². The highest BCUT2D eigenvalue weighted by molar-refractivity contribution is 5.84. The van der Waals surface area contributed by atoms with Crippen LogP contribution in [0.15, 0.2) is 60.7 Å². The van der Waals surface area contributed by atoms with E-state index in [2.05, 4.69) is 5.32 Å². The van der Waals surface area contributed by atoms with Gasteiger partial charge in [0.2, 0.25) is 0 Å². The van der Waals surface area contributed by atoms with Crippen molar-refractivity contribution in [3.8, 4) is 5.75 Å². The van der Waals surface area contributed by atoms with Crippen LogP contribution in [-0.4, -0.2) is 22.3 Å². The van der Waals surface area contributed by atoms with Crippen LogP contribution in [0.4, 0.5) is 14.9 Å². The Morgan fingerprint density at radius 2 is 1.92 bits per heavy atom. The summed E-state index contributed by atoms with van der Waals surface area (Å²) in [6.45, 7) is 0. The summed E-state index contributed by atoms with van der Waals surface area (Å²) in [5.74, 6) is -2.54. The predicted octanol–water partition coefficient (Wildman–Crippen LogP) is 3.85. The third kappa shape index (κ3) is 5.65. The quantitative estimate of drug-likeness (QED) is 0.691. The second kappa shape index (κ2) is 8.49. The third-order valence-corrected chi connectivity index (χ3v) is 3.22. The summed E-state index contributed by atoms with van der Waals surface area (Å²) >= 11 is 0. The van der Waals surface area contributed by atoms with Crippen molar-refractivity contribution in [2.45, 2.75) is 12.5 Å². The number of hydrogen-bond acceptors (Lipinski definition) is 4. The molecule has 3 N–H and O–H groups in total. The molecule has 0 saturated heterocycles. The molecule has 1 amide bonds. The van der Waals surface area contributed by atoms with Crippen molar-refractivity contribution < 1.29 is 28.9 Å². The highest BCUT2D eigenvalue weighted by Gasteiger charge is 2.17. The van der Waals surface area contributed by atoms with Crippen LogP contribution in [0.1, 0.15) is 18.1 Å². The number of rotatable bonds is 6. The van der Waals surface area contributed by atoms with Gasteiger partial charge in [0.15, 0.2) is 11.6 Å². The molecule has 1 atom stereocenters. The van der Waals surface area contributed by atoms with Crippen LogP contribution < -0.4 is 5.32 Å². The van der Waals surface area contributed by atoms with Crippen molar-refractivity contribution in [2.24, 2.45) is 0 Å². The first-order valence-corrected chi connectivity index (χ1v) is 7.36. The van der Waals surface area contributed by atoms with Gasteiger partial charge in [-0.3, -0.25) is 5.32 Å². The molecule has 7 heteroatoms. The molecule has 0 saturated carbocycles. The van der Waals surface area contributed by atoms with Crippen molar-refractivity contribution >= 4 is 17.7 Å². The number of ether oxygens (including phenoxy) is 1. The van der Waals surface area contributed by atoms with E-state index in [0.717, 1.165) is 18.2 Å². The van der Waals surface area contributed by atoms with Gasteiger partial charge in [0, 0.05) is 18.2 Å². The molecule has 0 bridgehead atoms. The van der Waals surface area contributed by atoms with Crippen molar-refractivity contribution in [1.29, 1.82) is 0 Å². The molecule has 2 aromatic rings. The number of aliphatic carboxylic acids is 1. The Labute approximate surface area is 143 Å². The highest BCUT2D eigenvalue weighted by Crippen LogP contribution is 2.26. The zero-order chi connectivity index (χ0) is 18.2. The van der Waals surface area contributed by atoms with Crippen molar-refractivity contribution in [3.05, 3.63) is 72.1 Å². The van der Waals surface area contributed by atoms with Crippen LogP contribution in [0.2, 0.25) is 0 Å². The summed E-state index contributed by atoms with van der Waals surface area (Å²) in [5, 5.41) is 20.4. The number of hydrogen-bond donors (Lipinski definition) is 3.